The van der Waals surface area contributed by atoms with E-state index in [1.807, 2.05) is 37.3 Å². The Hall–Kier alpha value is -0.860. The molecule has 0 aliphatic carbocycles. The fourth-order valence-electron chi connectivity index (χ4n) is 2.18. The highest BCUT2D eigenvalue weighted by Gasteiger charge is 2.37. The van der Waals surface area contributed by atoms with Gasteiger partial charge in [-0.15, -0.1) is 0 Å². The molecule has 0 bridgehead atoms. The Labute approximate surface area is 85.0 Å². The number of aliphatic hydroxyl groups is 1. The molecule has 1 aromatic carbocycles. The molecule has 0 saturated carbocycles. The lowest BCUT2D eigenvalue weighted by Crippen LogP contribution is -2.50. The van der Waals surface area contributed by atoms with Crippen LogP contribution in [-0.4, -0.2) is 17.7 Å². The van der Waals surface area contributed by atoms with E-state index in [9.17, 15) is 5.11 Å². The molecule has 2 N–H and O–H groups in total. The normalized spacial score (nSPS) is 32.9. The smallest absolute Gasteiger partial charge is 0.105 e. The number of rotatable bonds is 1. The van der Waals surface area contributed by atoms with Gasteiger partial charge < -0.3 is 10.4 Å². The van der Waals surface area contributed by atoms with Gasteiger partial charge in [0.2, 0.25) is 0 Å². The van der Waals surface area contributed by atoms with Gasteiger partial charge in [0, 0.05) is 6.04 Å². The maximum Gasteiger partial charge on any atom is 0.105 e. The summed E-state index contributed by atoms with van der Waals surface area (Å²) < 4.78 is 0. The molecule has 0 radical (unpaired) electrons. The van der Waals surface area contributed by atoms with Crippen molar-refractivity contribution in [3.63, 3.8) is 0 Å². The zero-order valence-corrected chi connectivity index (χ0v) is 8.53. The van der Waals surface area contributed by atoms with Crippen molar-refractivity contribution in [2.24, 2.45) is 0 Å². The molecular formula is C12H17NO. The van der Waals surface area contributed by atoms with Gasteiger partial charge in [0.05, 0.1) is 0 Å². The summed E-state index contributed by atoms with van der Waals surface area (Å²) in [6, 6.07) is 10.1. The molecule has 76 valence electrons. The molecule has 1 heterocycles. The summed E-state index contributed by atoms with van der Waals surface area (Å²) in [6.07, 6.45) is 1.89. The zero-order valence-electron chi connectivity index (χ0n) is 8.53. The Morgan fingerprint density at radius 3 is 2.71 bits per heavy atom. The average molecular weight is 191 g/mol. The third kappa shape index (κ3) is 1.56. The van der Waals surface area contributed by atoms with Crippen LogP contribution >= 0.6 is 0 Å². The first-order valence-electron chi connectivity index (χ1n) is 5.25. The van der Waals surface area contributed by atoms with Crippen LogP contribution in [-0.2, 0) is 5.60 Å². The molecule has 0 unspecified atom stereocenters. The van der Waals surface area contributed by atoms with Crippen LogP contribution in [0.5, 0.6) is 0 Å². The Kier molecular flexibility index (Phi) is 2.57. The van der Waals surface area contributed by atoms with Crippen molar-refractivity contribution >= 4 is 0 Å². The van der Waals surface area contributed by atoms with Crippen LogP contribution in [0.25, 0.3) is 0 Å². The third-order valence-corrected chi connectivity index (χ3v) is 3.18. The molecule has 2 nitrogen and oxygen atoms in total. The summed E-state index contributed by atoms with van der Waals surface area (Å²) >= 11 is 0. The largest absolute Gasteiger partial charge is 0.384 e. The quantitative estimate of drug-likeness (QED) is 0.707. The van der Waals surface area contributed by atoms with E-state index in [2.05, 4.69) is 5.32 Å². The van der Waals surface area contributed by atoms with Crippen LogP contribution in [0, 0.1) is 0 Å². The van der Waals surface area contributed by atoms with Crippen LogP contribution < -0.4 is 5.32 Å². The van der Waals surface area contributed by atoms with E-state index in [1.54, 1.807) is 0 Å². The molecule has 2 atom stereocenters. The first-order chi connectivity index (χ1) is 6.73. The van der Waals surface area contributed by atoms with Gasteiger partial charge >= 0.3 is 0 Å². The Morgan fingerprint density at radius 1 is 1.36 bits per heavy atom. The average Bonchev–Trinajstić information content (AvgIpc) is 2.24. The summed E-state index contributed by atoms with van der Waals surface area (Å²) in [7, 11) is 0. The maximum absolute atomic E-state index is 10.5. The van der Waals surface area contributed by atoms with Crippen molar-refractivity contribution in [2.45, 2.75) is 31.4 Å². The van der Waals surface area contributed by atoms with Crippen molar-refractivity contribution in [2.75, 3.05) is 6.54 Å². The summed E-state index contributed by atoms with van der Waals surface area (Å²) in [5, 5.41) is 13.9. The Morgan fingerprint density at radius 2 is 2.07 bits per heavy atom. The first-order valence-corrected chi connectivity index (χ1v) is 5.25. The molecule has 1 saturated heterocycles. The number of benzene rings is 1. The van der Waals surface area contributed by atoms with Gasteiger partial charge in [0.15, 0.2) is 0 Å². The van der Waals surface area contributed by atoms with Crippen LogP contribution in [0.2, 0.25) is 0 Å². The van der Waals surface area contributed by atoms with Gasteiger partial charge in [-0.2, -0.15) is 0 Å². The highest BCUT2D eigenvalue weighted by atomic mass is 16.3. The summed E-state index contributed by atoms with van der Waals surface area (Å²) in [5.74, 6) is 0. The molecule has 0 amide bonds. The van der Waals surface area contributed by atoms with Gasteiger partial charge in [-0.25, -0.2) is 0 Å². The van der Waals surface area contributed by atoms with E-state index >= 15 is 0 Å². The van der Waals surface area contributed by atoms with E-state index in [-0.39, 0.29) is 6.04 Å². The van der Waals surface area contributed by atoms with Gasteiger partial charge in [-0.3, -0.25) is 0 Å². The molecule has 0 aromatic heterocycles. The molecule has 1 fully saturated rings. The lowest BCUT2D eigenvalue weighted by Gasteiger charge is -2.39. The fraction of sp³-hybridized carbons (Fsp3) is 0.500. The fourth-order valence-corrected chi connectivity index (χ4v) is 2.18. The molecule has 1 aromatic rings. The van der Waals surface area contributed by atoms with Crippen LogP contribution in [0.1, 0.15) is 25.3 Å². The minimum Gasteiger partial charge on any atom is -0.384 e. The number of hydrogen-bond donors (Lipinski definition) is 2. The van der Waals surface area contributed by atoms with E-state index in [0.29, 0.717) is 0 Å². The third-order valence-electron chi connectivity index (χ3n) is 3.18. The standard InChI is InChI=1S/C12H17NO/c1-10-12(14,8-5-9-13-10)11-6-3-2-4-7-11/h2-4,6-7,10,13-14H,5,8-9H2,1H3/t10-,12-/m1/s1. The van der Waals surface area contributed by atoms with Crippen molar-refractivity contribution in [1.29, 1.82) is 0 Å². The topological polar surface area (TPSA) is 32.3 Å². The van der Waals surface area contributed by atoms with Crippen molar-refractivity contribution in [3.8, 4) is 0 Å². The van der Waals surface area contributed by atoms with Crippen LogP contribution in [0.15, 0.2) is 30.3 Å². The number of hydrogen-bond acceptors (Lipinski definition) is 2. The second-order valence-electron chi connectivity index (χ2n) is 4.07. The minimum atomic E-state index is -0.681. The number of piperidine rings is 1. The lowest BCUT2D eigenvalue weighted by atomic mass is 9.81. The van der Waals surface area contributed by atoms with Crippen LogP contribution in [0.4, 0.5) is 0 Å². The molecule has 0 spiro atoms. The van der Waals surface area contributed by atoms with E-state index in [4.69, 9.17) is 0 Å². The molecule has 14 heavy (non-hydrogen) atoms. The van der Waals surface area contributed by atoms with E-state index < -0.39 is 5.60 Å². The second kappa shape index (κ2) is 3.71. The summed E-state index contributed by atoms with van der Waals surface area (Å²) in [6.45, 7) is 3.06. The monoisotopic (exact) mass is 191 g/mol. The first kappa shape index (κ1) is 9.69. The zero-order chi connectivity index (χ0) is 10.0. The highest BCUT2D eigenvalue weighted by Crippen LogP contribution is 2.32. The number of nitrogens with one attached hydrogen (secondary N) is 1. The Bertz CT molecular complexity index is 298. The van der Waals surface area contributed by atoms with Crippen molar-refractivity contribution in [1.82, 2.24) is 5.32 Å². The van der Waals surface area contributed by atoms with E-state index in [0.717, 1.165) is 24.9 Å². The maximum atomic E-state index is 10.5. The summed E-state index contributed by atoms with van der Waals surface area (Å²) in [4.78, 5) is 0. The van der Waals surface area contributed by atoms with Gasteiger partial charge in [0.1, 0.15) is 5.60 Å². The SMILES string of the molecule is C[C@H]1NCCC[C@]1(O)c1ccccc1. The molecular weight excluding hydrogens is 174 g/mol. The molecule has 2 rings (SSSR count). The highest BCUT2D eigenvalue weighted by molar-refractivity contribution is 5.24. The van der Waals surface area contributed by atoms with Gasteiger partial charge in [0.25, 0.3) is 0 Å². The molecule has 1 aliphatic rings. The second-order valence-corrected chi connectivity index (χ2v) is 4.07. The van der Waals surface area contributed by atoms with Gasteiger partial charge in [-0.05, 0) is 31.9 Å². The van der Waals surface area contributed by atoms with Crippen molar-refractivity contribution < 1.29 is 5.11 Å². The Balaban J connectivity index is 2.30. The minimum absolute atomic E-state index is 0.138. The van der Waals surface area contributed by atoms with Crippen molar-refractivity contribution in [3.05, 3.63) is 35.9 Å². The summed E-state index contributed by atoms with van der Waals surface area (Å²) in [5.41, 5.74) is 0.346. The van der Waals surface area contributed by atoms with Gasteiger partial charge in [-0.1, -0.05) is 30.3 Å². The predicted octanol–water partition coefficient (Wildman–Crippen LogP) is 1.65. The van der Waals surface area contributed by atoms with E-state index in [1.165, 1.54) is 0 Å². The lowest BCUT2D eigenvalue weighted by molar-refractivity contribution is -0.0226. The molecule has 1 aliphatic heterocycles. The predicted molar refractivity (Wildman–Crippen MR) is 57.0 cm³/mol. The van der Waals surface area contributed by atoms with Crippen LogP contribution in [0.3, 0.4) is 0 Å². The molecule has 2 heteroatoms.